The Bertz CT molecular complexity index is 761. The van der Waals surface area contributed by atoms with Gasteiger partial charge in [-0.2, -0.15) is 0 Å². The van der Waals surface area contributed by atoms with Crippen molar-refractivity contribution in [1.29, 1.82) is 0 Å². The normalized spacial score (nSPS) is 10.7. The van der Waals surface area contributed by atoms with E-state index in [1.807, 2.05) is 41.8 Å². The maximum absolute atomic E-state index is 5.62. The van der Waals surface area contributed by atoms with Crippen molar-refractivity contribution in [2.75, 3.05) is 0 Å². The summed E-state index contributed by atoms with van der Waals surface area (Å²) in [6.07, 6.45) is 6.18. The maximum atomic E-state index is 5.62. The Morgan fingerprint density at radius 2 is 2.16 bits per heavy atom. The smallest absolute Gasteiger partial charge is 0.264 e. The van der Waals surface area contributed by atoms with Crippen LogP contribution in [0.3, 0.4) is 0 Å². The summed E-state index contributed by atoms with van der Waals surface area (Å²) in [5.41, 5.74) is 1.94. The van der Waals surface area contributed by atoms with Gasteiger partial charge < -0.3 is 8.98 Å². The van der Waals surface area contributed by atoms with Crippen LogP contribution in [0.15, 0.2) is 34.7 Å². The second-order valence-electron chi connectivity index (χ2n) is 4.23. The number of hydrogen-bond donors (Lipinski definition) is 0. The molecule has 2 heterocycles. The number of nitrogens with zero attached hydrogens (tertiary/aromatic N) is 3. The largest absolute Gasteiger partial charge is 0.419 e. The highest BCUT2D eigenvalue weighted by Gasteiger charge is 2.15. The first-order valence-electron chi connectivity index (χ1n) is 6.18. The predicted octanol–water partition coefficient (Wildman–Crippen LogP) is 2.89. The molecule has 0 saturated heterocycles. The van der Waals surface area contributed by atoms with Gasteiger partial charge in [0, 0.05) is 17.3 Å². The molecule has 0 unspecified atom stereocenters. The highest BCUT2D eigenvalue weighted by atomic mass is 16.4. The SMILES string of the molecule is C#CCn1c(-c2nnc(CC)o2)cc2ccccc21. The van der Waals surface area contributed by atoms with Crippen molar-refractivity contribution < 1.29 is 4.42 Å². The summed E-state index contributed by atoms with van der Waals surface area (Å²) in [7, 11) is 0. The third-order valence-corrected chi connectivity index (χ3v) is 3.05. The predicted molar refractivity (Wildman–Crippen MR) is 73.4 cm³/mol. The average molecular weight is 251 g/mol. The molecule has 0 saturated carbocycles. The van der Waals surface area contributed by atoms with Crippen molar-refractivity contribution in [3.63, 3.8) is 0 Å². The van der Waals surface area contributed by atoms with E-state index in [1.165, 1.54) is 0 Å². The van der Waals surface area contributed by atoms with E-state index in [0.29, 0.717) is 18.3 Å². The quantitative estimate of drug-likeness (QED) is 0.672. The van der Waals surface area contributed by atoms with Crippen LogP contribution >= 0.6 is 0 Å². The zero-order valence-corrected chi connectivity index (χ0v) is 10.6. The molecular weight excluding hydrogens is 238 g/mol. The van der Waals surface area contributed by atoms with Crippen molar-refractivity contribution in [3.8, 4) is 23.9 Å². The summed E-state index contributed by atoms with van der Waals surface area (Å²) >= 11 is 0. The number of aryl methyl sites for hydroxylation is 1. The lowest BCUT2D eigenvalue weighted by molar-refractivity contribution is 0.509. The number of hydrogen-bond acceptors (Lipinski definition) is 3. The number of rotatable bonds is 3. The minimum Gasteiger partial charge on any atom is -0.419 e. The van der Waals surface area contributed by atoms with Crippen LogP contribution in [0.25, 0.3) is 22.5 Å². The molecular formula is C15H13N3O. The van der Waals surface area contributed by atoms with Gasteiger partial charge in [0.15, 0.2) is 0 Å². The summed E-state index contributed by atoms with van der Waals surface area (Å²) < 4.78 is 7.64. The average Bonchev–Trinajstić information content (AvgIpc) is 3.04. The molecule has 1 aromatic carbocycles. The topological polar surface area (TPSA) is 43.9 Å². The van der Waals surface area contributed by atoms with Gasteiger partial charge in [0.2, 0.25) is 5.89 Å². The number of para-hydroxylation sites is 1. The van der Waals surface area contributed by atoms with Gasteiger partial charge in [0.25, 0.3) is 5.89 Å². The second-order valence-corrected chi connectivity index (χ2v) is 4.23. The molecule has 0 spiro atoms. The summed E-state index contributed by atoms with van der Waals surface area (Å²) in [5, 5.41) is 9.20. The zero-order chi connectivity index (χ0) is 13.2. The van der Waals surface area contributed by atoms with E-state index in [0.717, 1.165) is 23.0 Å². The van der Waals surface area contributed by atoms with Gasteiger partial charge in [-0.25, -0.2) is 0 Å². The molecule has 0 aliphatic rings. The van der Waals surface area contributed by atoms with Crippen LogP contribution in [0.5, 0.6) is 0 Å². The molecule has 0 aliphatic heterocycles. The third kappa shape index (κ3) is 1.89. The molecule has 2 aromatic heterocycles. The van der Waals surface area contributed by atoms with Gasteiger partial charge in [0.1, 0.15) is 5.69 Å². The molecule has 3 aromatic rings. The lowest BCUT2D eigenvalue weighted by atomic mass is 10.2. The molecule has 19 heavy (non-hydrogen) atoms. The highest BCUT2D eigenvalue weighted by Crippen LogP contribution is 2.27. The minimum atomic E-state index is 0.479. The van der Waals surface area contributed by atoms with Gasteiger partial charge in [0.05, 0.1) is 6.54 Å². The number of terminal acetylenes is 1. The van der Waals surface area contributed by atoms with Crippen LogP contribution in [0.4, 0.5) is 0 Å². The van der Waals surface area contributed by atoms with Gasteiger partial charge in [-0.3, -0.25) is 0 Å². The number of benzene rings is 1. The summed E-state index contributed by atoms with van der Waals surface area (Å²) in [6, 6.07) is 10.1. The molecule has 4 heteroatoms. The van der Waals surface area contributed by atoms with E-state index in [9.17, 15) is 0 Å². The molecule has 0 radical (unpaired) electrons. The van der Waals surface area contributed by atoms with E-state index < -0.39 is 0 Å². The Morgan fingerprint density at radius 3 is 2.89 bits per heavy atom. The summed E-state index contributed by atoms with van der Waals surface area (Å²) in [4.78, 5) is 0. The first-order chi connectivity index (χ1) is 9.33. The first kappa shape index (κ1) is 11.5. The fraction of sp³-hybridized carbons (Fsp3) is 0.200. The minimum absolute atomic E-state index is 0.479. The lowest BCUT2D eigenvalue weighted by Gasteiger charge is -2.03. The summed E-state index contributed by atoms with van der Waals surface area (Å²) in [6.45, 7) is 2.46. The van der Waals surface area contributed by atoms with Crippen molar-refractivity contribution >= 4 is 10.9 Å². The molecule has 94 valence electrons. The van der Waals surface area contributed by atoms with Crippen LogP contribution in [0.1, 0.15) is 12.8 Å². The summed E-state index contributed by atoms with van der Waals surface area (Å²) in [5.74, 6) is 3.82. The first-order valence-corrected chi connectivity index (χ1v) is 6.18. The van der Waals surface area contributed by atoms with Gasteiger partial charge in [-0.05, 0) is 12.1 Å². The fourth-order valence-electron chi connectivity index (χ4n) is 2.15. The highest BCUT2D eigenvalue weighted by molar-refractivity contribution is 5.85. The van der Waals surface area contributed by atoms with E-state index >= 15 is 0 Å². The maximum Gasteiger partial charge on any atom is 0.264 e. The third-order valence-electron chi connectivity index (χ3n) is 3.05. The van der Waals surface area contributed by atoms with E-state index in [2.05, 4.69) is 16.1 Å². The van der Waals surface area contributed by atoms with Crippen LogP contribution < -0.4 is 0 Å². The fourth-order valence-corrected chi connectivity index (χ4v) is 2.15. The molecule has 3 rings (SSSR count). The van der Waals surface area contributed by atoms with Crippen molar-refractivity contribution in [1.82, 2.24) is 14.8 Å². The standard InChI is InChI=1S/C15H13N3O/c1-3-9-18-12-8-6-5-7-11(12)10-13(18)15-17-16-14(4-2)19-15/h1,5-8,10H,4,9H2,2H3. The van der Waals surface area contributed by atoms with Crippen LogP contribution in [-0.2, 0) is 13.0 Å². The van der Waals surface area contributed by atoms with E-state index in [4.69, 9.17) is 10.8 Å². The van der Waals surface area contributed by atoms with Crippen molar-refractivity contribution in [2.24, 2.45) is 0 Å². The van der Waals surface area contributed by atoms with Crippen LogP contribution in [-0.4, -0.2) is 14.8 Å². The Labute approximate surface area is 111 Å². The zero-order valence-electron chi connectivity index (χ0n) is 10.6. The molecule has 0 atom stereocenters. The van der Waals surface area contributed by atoms with Gasteiger partial charge >= 0.3 is 0 Å². The van der Waals surface area contributed by atoms with Gasteiger partial charge in [-0.1, -0.05) is 31.0 Å². The van der Waals surface area contributed by atoms with Crippen LogP contribution in [0, 0.1) is 12.3 Å². The Kier molecular flexibility index (Phi) is 2.81. The van der Waals surface area contributed by atoms with Gasteiger partial charge in [-0.15, -0.1) is 16.6 Å². The molecule has 4 nitrogen and oxygen atoms in total. The molecule has 0 aliphatic carbocycles. The second kappa shape index (κ2) is 4.62. The number of aromatic nitrogens is 3. The van der Waals surface area contributed by atoms with Crippen molar-refractivity contribution in [2.45, 2.75) is 19.9 Å². The van der Waals surface area contributed by atoms with E-state index in [1.54, 1.807) is 0 Å². The molecule has 0 bridgehead atoms. The molecule has 0 fully saturated rings. The number of fused-ring (bicyclic) bond motifs is 1. The Morgan fingerprint density at radius 1 is 1.32 bits per heavy atom. The molecule has 0 N–H and O–H groups in total. The Balaban J connectivity index is 2.22. The monoisotopic (exact) mass is 251 g/mol. The Hall–Kier alpha value is -2.54. The van der Waals surface area contributed by atoms with Crippen molar-refractivity contribution in [3.05, 3.63) is 36.2 Å². The van der Waals surface area contributed by atoms with E-state index in [-0.39, 0.29) is 0 Å². The van der Waals surface area contributed by atoms with Crippen LogP contribution in [0.2, 0.25) is 0 Å². The lowest BCUT2D eigenvalue weighted by Crippen LogP contribution is -1.97. The molecule has 0 amide bonds.